The minimum absolute atomic E-state index is 0.195. The maximum atomic E-state index is 15.2. The van der Waals surface area contributed by atoms with Gasteiger partial charge in [0.2, 0.25) is 0 Å². The molecule has 0 spiro atoms. The Kier molecular flexibility index (Phi) is 10.7. The van der Waals surface area contributed by atoms with Crippen LogP contribution >= 0.6 is 21.9 Å². The zero-order chi connectivity index (χ0) is 27.7. The summed E-state index contributed by atoms with van der Waals surface area (Å²) in [5, 5.41) is -4.94. The first-order valence-electron chi connectivity index (χ1n) is 11.9. The molecule has 0 aliphatic heterocycles. The number of carbonyl (C=O) groups excluding carboxylic acids is 1. The zero-order valence-electron chi connectivity index (χ0n) is 20.4. The van der Waals surface area contributed by atoms with Crippen LogP contribution in [0.5, 0.6) is 0 Å². The number of rotatable bonds is 14. The highest BCUT2D eigenvalue weighted by Gasteiger charge is 2.63. The number of unbranched alkanes of at least 4 members (excludes halogenated alkanes) is 4. The average Bonchev–Trinajstić information content (AvgIpc) is 2.92. The molecule has 0 radical (unpaired) electrons. The Bertz CT molecular complexity index is 1240. The van der Waals surface area contributed by atoms with Crippen LogP contribution in [-0.4, -0.2) is 35.8 Å². The summed E-state index contributed by atoms with van der Waals surface area (Å²) in [6.07, 6.45) is 3.38. The lowest BCUT2D eigenvalue weighted by molar-refractivity contribution is -0.161. The molecule has 3 aromatic carbocycles. The van der Waals surface area contributed by atoms with Crippen LogP contribution in [0, 0.1) is 5.82 Å². The monoisotopic (exact) mass is 589 g/mol. The molecular weight excluding hydrogens is 561 g/mol. The van der Waals surface area contributed by atoms with E-state index in [1.165, 1.54) is 12.1 Å². The third-order valence-electron chi connectivity index (χ3n) is 5.61. The fourth-order valence-corrected chi connectivity index (χ4v) is 9.17. The number of hydrogen-bond donors (Lipinski definition) is 0. The molecule has 0 aromatic heterocycles. The predicted octanol–water partition coefficient (Wildman–Crippen LogP) is 7.77. The van der Waals surface area contributed by atoms with Crippen molar-refractivity contribution < 1.29 is 34.7 Å². The van der Waals surface area contributed by atoms with Crippen LogP contribution < -0.4 is 0 Å². The first-order valence-corrected chi connectivity index (χ1v) is 15.5. The van der Waals surface area contributed by atoms with E-state index in [9.17, 15) is 17.6 Å². The van der Waals surface area contributed by atoms with Gasteiger partial charge in [-0.15, -0.1) is 20.0 Å². The van der Waals surface area contributed by atoms with Crippen LogP contribution in [0.15, 0.2) is 99.6 Å². The zero-order valence-corrected chi connectivity index (χ0v) is 22.8. The second-order valence-electron chi connectivity index (χ2n) is 8.32. The number of ether oxygens (including phenoxy) is 1. The smallest absolute Gasteiger partial charge is 0.460 e. The number of hydrogen-bond acceptors (Lipinski definition) is 4. The first kappa shape index (κ1) is 30.0. The highest BCUT2D eigenvalue weighted by Crippen LogP contribution is 2.68. The lowest BCUT2D eigenvalue weighted by Crippen LogP contribution is -2.42. The Labute approximate surface area is 227 Å². The normalized spacial score (nSPS) is 12.7. The van der Waals surface area contributed by atoms with E-state index in [4.69, 9.17) is 11.6 Å². The molecular formula is C27H29ClF3O5S2+. The van der Waals surface area contributed by atoms with E-state index >= 15 is 8.78 Å². The minimum Gasteiger partial charge on any atom is -0.460 e. The van der Waals surface area contributed by atoms with Crippen molar-refractivity contribution in [3.8, 4) is 0 Å². The maximum absolute atomic E-state index is 15.2. The SMILES string of the molecule is O=C(OCCCCCCCCl)C(F)(F)S(=O)(=O)[OH+]S(c1ccccc1)(c1ccccc1)c1ccc(F)cc1. The number of esters is 1. The van der Waals surface area contributed by atoms with Gasteiger partial charge in [-0.25, -0.2) is 9.18 Å². The van der Waals surface area contributed by atoms with Gasteiger partial charge in [-0.2, -0.15) is 8.78 Å². The van der Waals surface area contributed by atoms with Crippen molar-refractivity contribution in [1.29, 1.82) is 0 Å². The van der Waals surface area contributed by atoms with Gasteiger partial charge in [0.1, 0.15) is 5.82 Å². The molecule has 5 nitrogen and oxygen atoms in total. The molecule has 0 bridgehead atoms. The molecule has 11 heteroatoms. The van der Waals surface area contributed by atoms with Gasteiger partial charge in [0.25, 0.3) is 0 Å². The van der Waals surface area contributed by atoms with Crippen molar-refractivity contribution in [3.63, 3.8) is 0 Å². The van der Waals surface area contributed by atoms with Gasteiger partial charge >= 0.3 is 21.3 Å². The second kappa shape index (κ2) is 13.5. The molecule has 0 saturated carbocycles. The maximum Gasteiger partial charge on any atom is 0.514 e. The molecule has 206 valence electrons. The van der Waals surface area contributed by atoms with E-state index in [-0.39, 0.29) is 11.5 Å². The Hall–Kier alpha value is -2.53. The fraction of sp³-hybridized carbons (Fsp3) is 0.296. The van der Waals surface area contributed by atoms with Crippen LogP contribution in [0.25, 0.3) is 0 Å². The van der Waals surface area contributed by atoms with E-state index in [2.05, 4.69) is 8.37 Å². The summed E-state index contributed by atoms with van der Waals surface area (Å²) in [6.45, 7) is -0.349. The van der Waals surface area contributed by atoms with Crippen LogP contribution in [0.2, 0.25) is 0 Å². The molecule has 0 heterocycles. The average molecular weight is 590 g/mol. The quantitative estimate of drug-likeness (QED) is 0.0633. The Morgan fingerprint density at radius 2 is 1.24 bits per heavy atom. The second-order valence-corrected chi connectivity index (χ2v) is 13.3. The van der Waals surface area contributed by atoms with Gasteiger partial charge in [0, 0.05) is 5.88 Å². The van der Waals surface area contributed by atoms with E-state index in [1.807, 2.05) is 0 Å². The third kappa shape index (κ3) is 6.91. The molecule has 3 rings (SSSR count). The molecule has 1 N–H and O–H groups in total. The lowest BCUT2D eigenvalue weighted by Gasteiger charge is -2.35. The molecule has 0 fully saturated rings. The van der Waals surface area contributed by atoms with E-state index in [0.717, 1.165) is 31.4 Å². The lowest BCUT2D eigenvalue weighted by atomic mass is 10.2. The summed E-state index contributed by atoms with van der Waals surface area (Å²) in [5.74, 6) is -2.26. The largest absolute Gasteiger partial charge is 0.514 e. The molecule has 0 unspecified atom stereocenters. The van der Waals surface area contributed by atoms with Crippen LogP contribution in [0.3, 0.4) is 0 Å². The predicted molar refractivity (Wildman–Crippen MR) is 143 cm³/mol. The molecule has 38 heavy (non-hydrogen) atoms. The van der Waals surface area contributed by atoms with Gasteiger partial charge in [-0.3, -0.25) is 3.63 Å². The molecule has 0 aliphatic carbocycles. The van der Waals surface area contributed by atoms with Crippen molar-refractivity contribution in [3.05, 3.63) is 90.7 Å². The van der Waals surface area contributed by atoms with Crippen molar-refractivity contribution >= 4 is 38.0 Å². The molecule has 3 aromatic rings. The van der Waals surface area contributed by atoms with E-state index < -0.39 is 37.5 Å². The Morgan fingerprint density at radius 3 is 1.76 bits per heavy atom. The summed E-state index contributed by atoms with van der Waals surface area (Å²) in [6, 6.07) is 20.9. The van der Waals surface area contributed by atoms with E-state index in [0.29, 0.717) is 28.5 Å². The number of alkyl halides is 3. The van der Waals surface area contributed by atoms with Crippen LogP contribution in [0.4, 0.5) is 13.2 Å². The van der Waals surface area contributed by atoms with Crippen molar-refractivity contribution in [2.24, 2.45) is 0 Å². The van der Waals surface area contributed by atoms with Crippen LogP contribution in [0.1, 0.15) is 32.1 Å². The Morgan fingerprint density at radius 1 is 0.763 bits per heavy atom. The third-order valence-corrected chi connectivity index (χ3v) is 11.2. The number of benzene rings is 3. The topological polar surface area (TPSA) is 73.2 Å². The summed E-state index contributed by atoms with van der Waals surface area (Å²) >= 11 is 5.61. The first-order chi connectivity index (χ1) is 18.1. The van der Waals surface area contributed by atoms with Gasteiger partial charge in [-0.05, 0) is 61.4 Å². The standard InChI is InChI=1S/C27H28ClF3O5S2/c28-20-10-2-1-3-11-21-35-26(32)27(30,31)38(33,34)36-37(23-12-6-4-7-13-23,24-14-8-5-9-15-24)25-18-16-22(29)17-19-25/h4-9,12-19H,1-3,10-11,20-21H2/p+1. The van der Waals surface area contributed by atoms with Crippen molar-refractivity contribution in [1.82, 2.24) is 0 Å². The number of halogens is 4. The fourth-order valence-electron chi connectivity index (χ4n) is 3.68. The van der Waals surface area contributed by atoms with Gasteiger partial charge in [-0.1, -0.05) is 55.7 Å². The molecule has 0 atom stereocenters. The number of carbonyl (C=O) groups is 1. The molecule has 0 amide bonds. The van der Waals surface area contributed by atoms with Gasteiger partial charge < -0.3 is 4.74 Å². The molecule has 0 aliphatic rings. The van der Waals surface area contributed by atoms with Gasteiger partial charge in [0.05, 0.1) is 31.6 Å². The Balaban J connectivity index is 1.98. The highest BCUT2D eigenvalue weighted by molar-refractivity contribution is 8.32. The summed E-state index contributed by atoms with van der Waals surface area (Å²) in [4.78, 5) is 13.1. The highest BCUT2D eigenvalue weighted by atomic mass is 35.5. The van der Waals surface area contributed by atoms with Crippen molar-refractivity contribution in [2.45, 2.75) is 52.0 Å². The van der Waals surface area contributed by atoms with E-state index in [1.54, 1.807) is 60.7 Å². The van der Waals surface area contributed by atoms with Gasteiger partial charge in [0.15, 0.2) is 0 Å². The minimum atomic E-state index is -5.78. The summed E-state index contributed by atoms with van der Waals surface area (Å²) in [5.41, 5.74) is 0. The van der Waals surface area contributed by atoms with Crippen molar-refractivity contribution in [2.75, 3.05) is 12.5 Å². The van der Waals surface area contributed by atoms with Crippen LogP contribution in [-0.2, 0) is 19.6 Å². The summed E-state index contributed by atoms with van der Waals surface area (Å²) in [7, 11) is -9.07. The molecule has 0 saturated heterocycles. The summed E-state index contributed by atoms with van der Waals surface area (Å²) < 4.78 is 79.1.